The molecule has 6 heteroatoms. The summed E-state index contributed by atoms with van der Waals surface area (Å²) in [4.78, 5) is 13.0. The van der Waals surface area contributed by atoms with E-state index < -0.39 is 0 Å². The highest BCUT2D eigenvalue weighted by atomic mass is 35.5. The molecule has 1 amide bonds. The zero-order chi connectivity index (χ0) is 24.2. The third-order valence-electron chi connectivity index (χ3n) is 6.14. The summed E-state index contributed by atoms with van der Waals surface area (Å²) in [6, 6.07) is 25.9. The molecular formula is C29H24ClFN2O2. The van der Waals surface area contributed by atoms with Crippen LogP contribution in [0.1, 0.15) is 34.8 Å². The van der Waals surface area contributed by atoms with Crippen molar-refractivity contribution in [2.45, 2.75) is 25.4 Å². The molecule has 0 aliphatic rings. The third kappa shape index (κ3) is 5.31. The Morgan fingerprint density at radius 1 is 1.00 bits per heavy atom. The average Bonchev–Trinajstić information content (AvgIpc) is 3.51. The first-order valence-corrected chi connectivity index (χ1v) is 11.8. The maximum absolute atomic E-state index is 13.4. The van der Waals surface area contributed by atoms with Crippen molar-refractivity contribution in [2.24, 2.45) is 0 Å². The highest BCUT2D eigenvalue weighted by molar-refractivity contribution is 6.30. The molecule has 0 spiro atoms. The van der Waals surface area contributed by atoms with Crippen molar-refractivity contribution in [3.63, 3.8) is 0 Å². The fourth-order valence-corrected chi connectivity index (χ4v) is 4.66. The van der Waals surface area contributed by atoms with E-state index in [1.54, 1.807) is 24.5 Å². The average molecular weight is 487 g/mol. The minimum atomic E-state index is -0.256. The molecule has 2 heterocycles. The number of hydrogen-bond acceptors (Lipinski definition) is 2. The lowest BCUT2D eigenvalue weighted by Crippen LogP contribution is -2.24. The van der Waals surface area contributed by atoms with E-state index in [0.29, 0.717) is 23.9 Å². The first-order chi connectivity index (χ1) is 17.1. The lowest BCUT2D eigenvalue weighted by atomic mass is 9.88. The van der Waals surface area contributed by atoms with Gasteiger partial charge in [0.25, 0.3) is 0 Å². The van der Waals surface area contributed by atoms with Gasteiger partial charge in [-0.25, -0.2) is 4.39 Å². The molecule has 0 unspecified atom stereocenters. The highest BCUT2D eigenvalue weighted by Crippen LogP contribution is 2.36. The van der Waals surface area contributed by atoms with E-state index in [9.17, 15) is 9.18 Å². The van der Waals surface area contributed by atoms with E-state index in [-0.39, 0.29) is 24.1 Å². The van der Waals surface area contributed by atoms with Crippen LogP contribution >= 0.6 is 11.6 Å². The number of amides is 1. The Hall–Kier alpha value is -3.83. The Bertz CT molecular complexity index is 1440. The van der Waals surface area contributed by atoms with Crippen LogP contribution in [-0.4, -0.2) is 10.5 Å². The molecule has 0 aliphatic carbocycles. The number of benzene rings is 3. The normalized spacial score (nSPS) is 12.1. The fourth-order valence-electron chi connectivity index (χ4n) is 4.46. The predicted molar refractivity (Wildman–Crippen MR) is 136 cm³/mol. The van der Waals surface area contributed by atoms with E-state index in [1.165, 1.54) is 12.1 Å². The number of hydrogen-bond donors (Lipinski definition) is 1. The molecule has 5 aromatic rings. The van der Waals surface area contributed by atoms with Gasteiger partial charge in [0.1, 0.15) is 11.6 Å². The topological polar surface area (TPSA) is 47.2 Å². The Kier molecular flexibility index (Phi) is 6.68. The summed E-state index contributed by atoms with van der Waals surface area (Å²) >= 11 is 6.34. The van der Waals surface area contributed by atoms with E-state index in [1.807, 2.05) is 42.5 Å². The minimum Gasteiger partial charge on any atom is -0.467 e. The Morgan fingerprint density at radius 2 is 1.83 bits per heavy atom. The van der Waals surface area contributed by atoms with Gasteiger partial charge in [0.05, 0.1) is 12.8 Å². The summed E-state index contributed by atoms with van der Waals surface area (Å²) in [6.07, 6.45) is 3.94. The maximum atomic E-state index is 13.4. The molecule has 1 atom stereocenters. The van der Waals surface area contributed by atoms with E-state index in [4.69, 9.17) is 16.0 Å². The molecule has 176 valence electrons. The quantitative estimate of drug-likeness (QED) is 0.259. The number of rotatable bonds is 8. The first kappa shape index (κ1) is 22.9. The third-order valence-corrected chi connectivity index (χ3v) is 6.38. The predicted octanol–water partition coefficient (Wildman–Crippen LogP) is 6.91. The molecule has 0 fully saturated rings. The van der Waals surface area contributed by atoms with Gasteiger partial charge in [-0.15, -0.1) is 0 Å². The Morgan fingerprint density at radius 3 is 2.60 bits per heavy atom. The van der Waals surface area contributed by atoms with Crippen molar-refractivity contribution in [1.29, 1.82) is 0 Å². The molecule has 0 saturated heterocycles. The fraction of sp³-hybridized carbons (Fsp3) is 0.138. The molecule has 35 heavy (non-hydrogen) atoms. The summed E-state index contributed by atoms with van der Waals surface area (Å²) in [6.45, 7) is 0.925. The number of aromatic nitrogens is 1. The second kappa shape index (κ2) is 10.2. The van der Waals surface area contributed by atoms with Crippen LogP contribution in [0.3, 0.4) is 0 Å². The van der Waals surface area contributed by atoms with Gasteiger partial charge in [-0.3, -0.25) is 4.79 Å². The lowest BCUT2D eigenvalue weighted by molar-refractivity contribution is -0.121. The molecule has 2 aromatic heterocycles. The summed E-state index contributed by atoms with van der Waals surface area (Å²) in [5.74, 6) is 0.161. The van der Waals surface area contributed by atoms with Gasteiger partial charge in [-0.05, 0) is 59.2 Å². The molecule has 0 bridgehead atoms. The van der Waals surface area contributed by atoms with Gasteiger partial charge in [0.15, 0.2) is 0 Å². The largest absolute Gasteiger partial charge is 0.467 e. The van der Waals surface area contributed by atoms with Crippen molar-refractivity contribution in [3.05, 3.63) is 131 Å². The van der Waals surface area contributed by atoms with E-state index in [2.05, 4.69) is 28.2 Å². The Labute approximate surface area is 208 Å². The van der Waals surface area contributed by atoms with Crippen molar-refractivity contribution in [2.75, 3.05) is 0 Å². The number of carbonyl (C=O) groups is 1. The van der Waals surface area contributed by atoms with Crippen LogP contribution in [0.4, 0.5) is 4.39 Å². The van der Waals surface area contributed by atoms with Gasteiger partial charge >= 0.3 is 0 Å². The van der Waals surface area contributed by atoms with Crippen LogP contribution in [-0.2, 0) is 17.9 Å². The molecule has 4 nitrogen and oxygen atoms in total. The lowest BCUT2D eigenvalue weighted by Gasteiger charge is -2.17. The number of carbonyl (C=O) groups excluding carboxylic acids is 1. The molecular weight excluding hydrogens is 463 g/mol. The van der Waals surface area contributed by atoms with E-state index in [0.717, 1.165) is 27.6 Å². The summed E-state index contributed by atoms with van der Waals surface area (Å²) in [5.41, 5.74) is 4.05. The van der Waals surface area contributed by atoms with Crippen LogP contribution in [0.25, 0.3) is 10.9 Å². The number of nitrogens with zero attached hydrogens (tertiary/aromatic N) is 1. The molecule has 1 N–H and O–H groups in total. The smallest absolute Gasteiger partial charge is 0.221 e. The molecule has 3 aromatic carbocycles. The second-order valence-corrected chi connectivity index (χ2v) is 8.96. The van der Waals surface area contributed by atoms with Gasteiger partial charge in [-0.2, -0.15) is 0 Å². The monoisotopic (exact) mass is 486 g/mol. The maximum Gasteiger partial charge on any atom is 0.221 e. The number of halogens is 2. The molecule has 0 radical (unpaired) electrons. The molecule has 0 saturated carbocycles. The second-order valence-electron chi connectivity index (χ2n) is 8.52. The van der Waals surface area contributed by atoms with Crippen LogP contribution in [0.15, 0.2) is 102 Å². The van der Waals surface area contributed by atoms with Crippen LogP contribution in [0, 0.1) is 5.82 Å². The molecule has 5 rings (SSSR count). The van der Waals surface area contributed by atoms with Gasteiger partial charge in [0.2, 0.25) is 5.91 Å². The number of nitrogens with one attached hydrogen (secondary N) is 1. The van der Waals surface area contributed by atoms with Gasteiger partial charge < -0.3 is 14.3 Å². The highest BCUT2D eigenvalue weighted by Gasteiger charge is 2.23. The number of furan rings is 1. The number of para-hydroxylation sites is 1. The van der Waals surface area contributed by atoms with Crippen molar-refractivity contribution in [3.8, 4) is 0 Å². The SMILES string of the molecule is O=C(C[C@@H](c1cccc(Cl)c1)c1cn(Cc2ccc(F)cc2)c2ccccc12)NCc1ccco1. The van der Waals surface area contributed by atoms with Crippen molar-refractivity contribution < 1.29 is 13.6 Å². The molecule has 0 aliphatic heterocycles. The van der Waals surface area contributed by atoms with Crippen LogP contribution in [0.5, 0.6) is 0 Å². The summed E-state index contributed by atoms with van der Waals surface area (Å²) in [5, 5.41) is 4.65. The summed E-state index contributed by atoms with van der Waals surface area (Å²) < 4.78 is 20.9. The standard InChI is InChI=1S/C29H24ClFN2O2/c30-22-6-3-5-21(15-22)26(16-29(34)32-17-24-7-4-14-35-24)27-19-33(28-9-2-1-8-25(27)28)18-20-10-12-23(31)13-11-20/h1-15,19,26H,16-18H2,(H,32,34)/t26-/m0/s1. The van der Waals surface area contributed by atoms with Gasteiger partial charge in [-0.1, -0.05) is 54.1 Å². The zero-order valence-corrected chi connectivity index (χ0v) is 19.7. The van der Waals surface area contributed by atoms with Crippen LogP contribution < -0.4 is 5.32 Å². The number of fused-ring (bicyclic) bond motifs is 1. The minimum absolute atomic E-state index is 0.0817. The zero-order valence-electron chi connectivity index (χ0n) is 19.0. The Balaban J connectivity index is 1.51. The first-order valence-electron chi connectivity index (χ1n) is 11.4. The summed E-state index contributed by atoms with van der Waals surface area (Å²) in [7, 11) is 0. The van der Waals surface area contributed by atoms with Crippen LogP contribution in [0.2, 0.25) is 5.02 Å². The van der Waals surface area contributed by atoms with Crippen molar-refractivity contribution >= 4 is 28.4 Å². The van der Waals surface area contributed by atoms with Gasteiger partial charge in [0, 0.05) is 41.0 Å². The van der Waals surface area contributed by atoms with E-state index >= 15 is 0 Å². The van der Waals surface area contributed by atoms with Crippen molar-refractivity contribution in [1.82, 2.24) is 9.88 Å².